The van der Waals surface area contributed by atoms with E-state index in [0.717, 1.165) is 12.1 Å². The van der Waals surface area contributed by atoms with Crippen LogP contribution in [0.1, 0.15) is 13.3 Å². The third-order valence-electron chi connectivity index (χ3n) is 2.32. The molecule has 1 aromatic carbocycles. The van der Waals surface area contributed by atoms with Gasteiger partial charge in [0.05, 0.1) is 5.02 Å². The lowest BCUT2D eigenvalue weighted by atomic mass is 10.2. The Bertz CT molecular complexity index is 377. The number of rotatable bonds is 7. The van der Waals surface area contributed by atoms with Crippen LogP contribution in [0.25, 0.3) is 0 Å². The van der Waals surface area contributed by atoms with E-state index in [0.29, 0.717) is 6.61 Å². The van der Waals surface area contributed by atoms with Crippen LogP contribution in [0.3, 0.4) is 0 Å². The first-order chi connectivity index (χ1) is 8.52. The largest absolute Gasteiger partial charge is 0.433 e. The number of ether oxygens (including phenoxy) is 2. The first-order valence-electron chi connectivity index (χ1n) is 5.52. The molecule has 0 spiro atoms. The van der Waals surface area contributed by atoms with Gasteiger partial charge >= 0.3 is 6.61 Å². The van der Waals surface area contributed by atoms with Crippen LogP contribution < -0.4 is 10.1 Å². The number of benzene rings is 1. The van der Waals surface area contributed by atoms with Crippen molar-refractivity contribution in [3.8, 4) is 5.75 Å². The lowest BCUT2D eigenvalue weighted by molar-refractivity contribution is -0.0497. The van der Waals surface area contributed by atoms with E-state index in [1.54, 1.807) is 19.2 Å². The average molecular weight is 280 g/mol. The van der Waals surface area contributed by atoms with Crippen LogP contribution in [0.15, 0.2) is 18.2 Å². The smallest absolute Gasteiger partial charge is 0.387 e. The maximum absolute atomic E-state index is 12.0. The molecule has 0 bridgehead atoms. The van der Waals surface area contributed by atoms with E-state index < -0.39 is 6.61 Å². The fraction of sp³-hybridized carbons (Fsp3) is 0.500. The Hall–Kier alpha value is -1.07. The Morgan fingerprint density at radius 3 is 2.67 bits per heavy atom. The van der Waals surface area contributed by atoms with Crippen LogP contribution in [-0.2, 0) is 4.74 Å². The molecule has 102 valence electrons. The van der Waals surface area contributed by atoms with Crippen LogP contribution in [0, 0.1) is 0 Å². The van der Waals surface area contributed by atoms with E-state index in [1.807, 2.05) is 6.92 Å². The fourth-order valence-electron chi connectivity index (χ4n) is 1.43. The van der Waals surface area contributed by atoms with Crippen molar-refractivity contribution in [3.63, 3.8) is 0 Å². The first-order valence-corrected chi connectivity index (χ1v) is 5.90. The lowest BCUT2D eigenvalue weighted by Crippen LogP contribution is -2.17. The lowest BCUT2D eigenvalue weighted by Gasteiger charge is -2.15. The van der Waals surface area contributed by atoms with Gasteiger partial charge in [0.25, 0.3) is 0 Å². The summed E-state index contributed by atoms with van der Waals surface area (Å²) in [6.45, 7) is -0.229. The second-order valence-corrected chi connectivity index (χ2v) is 4.26. The number of methoxy groups -OCH3 is 1. The molecule has 0 fully saturated rings. The van der Waals surface area contributed by atoms with Gasteiger partial charge in [0.1, 0.15) is 5.75 Å². The van der Waals surface area contributed by atoms with E-state index in [9.17, 15) is 8.78 Å². The van der Waals surface area contributed by atoms with Crippen LogP contribution in [0.2, 0.25) is 5.02 Å². The minimum atomic E-state index is -2.87. The van der Waals surface area contributed by atoms with Gasteiger partial charge < -0.3 is 14.8 Å². The molecule has 0 saturated carbocycles. The third kappa shape index (κ3) is 5.06. The van der Waals surface area contributed by atoms with Gasteiger partial charge in [-0.25, -0.2) is 0 Å². The minimum Gasteiger partial charge on any atom is -0.433 e. The maximum atomic E-state index is 12.0. The molecule has 1 atom stereocenters. The van der Waals surface area contributed by atoms with E-state index in [1.165, 1.54) is 6.07 Å². The molecule has 3 nitrogen and oxygen atoms in total. The third-order valence-corrected chi connectivity index (χ3v) is 2.61. The van der Waals surface area contributed by atoms with E-state index in [4.69, 9.17) is 16.3 Å². The summed E-state index contributed by atoms with van der Waals surface area (Å²) in [5.41, 5.74) is 0.755. The highest BCUT2D eigenvalue weighted by atomic mass is 35.5. The molecule has 1 rings (SSSR count). The van der Waals surface area contributed by atoms with Gasteiger partial charge in [-0.05, 0) is 31.5 Å². The van der Waals surface area contributed by atoms with Crippen molar-refractivity contribution < 1.29 is 18.3 Å². The SMILES string of the molecule is COCCC(C)Nc1ccc(OC(F)F)c(Cl)c1. The van der Waals surface area contributed by atoms with E-state index in [2.05, 4.69) is 10.1 Å². The number of halogens is 3. The number of hydrogen-bond acceptors (Lipinski definition) is 3. The van der Waals surface area contributed by atoms with Crippen molar-refractivity contribution in [2.45, 2.75) is 26.0 Å². The quantitative estimate of drug-likeness (QED) is 0.824. The summed E-state index contributed by atoms with van der Waals surface area (Å²) in [6, 6.07) is 4.82. The monoisotopic (exact) mass is 279 g/mol. The summed E-state index contributed by atoms with van der Waals surface area (Å²) in [5.74, 6) is -0.0261. The summed E-state index contributed by atoms with van der Waals surface area (Å²) < 4.78 is 33.3. The summed E-state index contributed by atoms with van der Waals surface area (Å²) in [4.78, 5) is 0. The van der Waals surface area contributed by atoms with Crippen LogP contribution >= 0.6 is 11.6 Å². The van der Waals surface area contributed by atoms with Crippen LogP contribution in [0.5, 0.6) is 5.75 Å². The van der Waals surface area contributed by atoms with Crippen molar-refractivity contribution in [3.05, 3.63) is 23.2 Å². The summed E-state index contributed by atoms with van der Waals surface area (Å²) in [5, 5.41) is 3.34. The molecule has 1 unspecified atom stereocenters. The zero-order valence-electron chi connectivity index (χ0n) is 10.3. The number of anilines is 1. The van der Waals surface area contributed by atoms with Crippen molar-refractivity contribution >= 4 is 17.3 Å². The molecule has 6 heteroatoms. The predicted octanol–water partition coefficient (Wildman–Crippen LogP) is 3.78. The summed E-state index contributed by atoms with van der Waals surface area (Å²) >= 11 is 5.84. The molecular weight excluding hydrogens is 264 g/mol. The number of nitrogens with one attached hydrogen (secondary N) is 1. The van der Waals surface area contributed by atoms with Crippen molar-refractivity contribution in [2.75, 3.05) is 19.0 Å². The van der Waals surface area contributed by atoms with Crippen molar-refractivity contribution in [1.82, 2.24) is 0 Å². The molecule has 0 aliphatic carbocycles. The fourth-order valence-corrected chi connectivity index (χ4v) is 1.66. The molecule has 0 radical (unpaired) electrons. The molecule has 0 saturated heterocycles. The van der Waals surface area contributed by atoms with Gasteiger partial charge in [-0.1, -0.05) is 11.6 Å². The normalized spacial score (nSPS) is 12.6. The van der Waals surface area contributed by atoms with E-state index in [-0.39, 0.29) is 16.8 Å². The zero-order valence-corrected chi connectivity index (χ0v) is 11.0. The number of hydrogen-bond donors (Lipinski definition) is 1. The van der Waals surface area contributed by atoms with Crippen LogP contribution in [0.4, 0.5) is 14.5 Å². The van der Waals surface area contributed by atoms with Crippen LogP contribution in [-0.4, -0.2) is 26.4 Å². The van der Waals surface area contributed by atoms with Gasteiger partial charge in [0, 0.05) is 25.4 Å². The zero-order chi connectivity index (χ0) is 13.5. The molecule has 0 amide bonds. The Kier molecular flexibility index (Phi) is 6.15. The Morgan fingerprint density at radius 1 is 1.39 bits per heavy atom. The highest BCUT2D eigenvalue weighted by molar-refractivity contribution is 6.32. The molecule has 18 heavy (non-hydrogen) atoms. The molecular formula is C12H16ClF2NO2. The van der Waals surface area contributed by atoms with Gasteiger partial charge in [-0.15, -0.1) is 0 Å². The standard InChI is InChI=1S/C12H16ClF2NO2/c1-8(5-6-17-2)16-9-3-4-11(10(13)7-9)18-12(14)15/h3-4,7-8,12,16H,5-6H2,1-2H3. The Balaban J connectivity index is 2.60. The Morgan fingerprint density at radius 2 is 2.11 bits per heavy atom. The molecule has 0 aliphatic heterocycles. The molecule has 0 heterocycles. The topological polar surface area (TPSA) is 30.5 Å². The highest BCUT2D eigenvalue weighted by Gasteiger charge is 2.10. The second-order valence-electron chi connectivity index (χ2n) is 3.85. The Labute approximate surface area is 110 Å². The molecule has 0 aromatic heterocycles. The van der Waals surface area contributed by atoms with Gasteiger partial charge in [-0.2, -0.15) is 8.78 Å². The summed E-state index contributed by atoms with van der Waals surface area (Å²) in [7, 11) is 1.64. The number of alkyl halides is 2. The first kappa shape index (κ1) is 15.0. The van der Waals surface area contributed by atoms with Gasteiger partial charge in [0.15, 0.2) is 0 Å². The average Bonchev–Trinajstić information content (AvgIpc) is 2.29. The summed E-state index contributed by atoms with van der Waals surface area (Å²) in [6.07, 6.45) is 0.837. The molecule has 1 N–H and O–H groups in total. The van der Waals surface area contributed by atoms with Crippen molar-refractivity contribution in [1.29, 1.82) is 0 Å². The molecule has 0 aliphatic rings. The van der Waals surface area contributed by atoms with E-state index >= 15 is 0 Å². The van der Waals surface area contributed by atoms with Gasteiger partial charge in [0.2, 0.25) is 0 Å². The predicted molar refractivity (Wildman–Crippen MR) is 67.7 cm³/mol. The molecule has 1 aromatic rings. The second kappa shape index (κ2) is 7.38. The van der Waals surface area contributed by atoms with Crippen molar-refractivity contribution in [2.24, 2.45) is 0 Å². The van der Waals surface area contributed by atoms with Gasteiger partial charge in [-0.3, -0.25) is 0 Å². The highest BCUT2D eigenvalue weighted by Crippen LogP contribution is 2.29. The maximum Gasteiger partial charge on any atom is 0.387 e. The minimum absolute atomic E-state index is 0.0261.